The largest absolute Gasteiger partial charge is 0.500 e. The Morgan fingerprint density at radius 1 is 1.26 bits per heavy atom. The third-order valence-corrected chi connectivity index (χ3v) is 8.37. The molecule has 0 spiro atoms. The second-order valence-corrected chi connectivity index (χ2v) is 10.0. The summed E-state index contributed by atoms with van der Waals surface area (Å²) >= 11 is 6.87. The van der Waals surface area contributed by atoms with E-state index in [0.717, 1.165) is 23.3 Å². The molecule has 1 saturated heterocycles. The van der Waals surface area contributed by atoms with Gasteiger partial charge < -0.3 is 18.0 Å². The molecule has 3 unspecified atom stereocenters. The van der Waals surface area contributed by atoms with Crippen molar-refractivity contribution in [3.8, 4) is 0 Å². The predicted molar refractivity (Wildman–Crippen MR) is 82.4 cm³/mol. The summed E-state index contributed by atoms with van der Waals surface area (Å²) in [5.41, 5.74) is 0. The van der Waals surface area contributed by atoms with Gasteiger partial charge in [-0.15, -0.1) is 0 Å². The zero-order valence-electron chi connectivity index (χ0n) is 11.7. The molecule has 1 heterocycles. The third-order valence-electron chi connectivity index (χ3n) is 4.13. The minimum Gasteiger partial charge on any atom is -0.474 e. The van der Waals surface area contributed by atoms with Crippen molar-refractivity contribution in [2.45, 2.75) is 43.1 Å². The van der Waals surface area contributed by atoms with Gasteiger partial charge in [0.05, 0.1) is 5.25 Å². The highest BCUT2D eigenvalue weighted by molar-refractivity contribution is 8.23. The molecule has 0 radical (unpaired) electrons. The molecule has 1 saturated carbocycles. The second-order valence-electron chi connectivity index (χ2n) is 5.08. The standard InChI is InChI=1S/C12H22O4S2Si/c1-13-19(14-2,15-3)7-6-9-4-5-10-11(8-9)18-12(17)16-10/h9-11H,4-8H2,1-3H3. The molecule has 2 fully saturated rings. The van der Waals surface area contributed by atoms with Gasteiger partial charge in [0, 0.05) is 27.4 Å². The maximum Gasteiger partial charge on any atom is 0.500 e. The summed E-state index contributed by atoms with van der Waals surface area (Å²) < 4.78 is 22.8. The smallest absolute Gasteiger partial charge is 0.474 e. The summed E-state index contributed by atoms with van der Waals surface area (Å²) in [6.45, 7) is 0. The zero-order chi connectivity index (χ0) is 13.9. The Labute approximate surface area is 125 Å². The van der Waals surface area contributed by atoms with Crippen molar-refractivity contribution in [3.63, 3.8) is 0 Å². The van der Waals surface area contributed by atoms with E-state index in [0.29, 0.717) is 17.3 Å². The summed E-state index contributed by atoms with van der Waals surface area (Å²) in [5.74, 6) is 0.700. The molecule has 0 bridgehead atoms. The SMILES string of the molecule is CO[Si](CCC1CCC2OC(=S)SC2C1)(OC)OC. The minimum atomic E-state index is -2.41. The highest BCUT2D eigenvalue weighted by Gasteiger charge is 2.42. The van der Waals surface area contributed by atoms with Crippen molar-refractivity contribution in [3.05, 3.63) is 0 Å². The molecule has 0 aromatic rings. The number of ether oxygens (including phenoxy) is 1. The lowest BCUT2D eigenvalue weighted by Crippen LogP contribution is -2.43. The molecule has 3 atom stereocenters. The van der Waals surface area contributed by atoms with Gasteiger partial charge in [-0.3, -0.25) is 0 Å². The Hall–Kier alpha value is 0.337. The molecule has 4 nitrogen and oxygen atoms in total. The van der Waals surface area contributed by atoms with Crippen LogP contribution in [0.25, 0.3) is 0 Å². The summed E-state index contributed by atoms with van der Waals surface area (Å²) in [7, 11) is 2.62. The van der Waals surface area contributed by atoms with Gasteiger partial charge in [-0.05, 0) is 43.8 Å². The molecule has 2 aliphatic rings. The highest BCUT2D eigenvalue weighted by Crippen LogP contribution is 2.42. The lowest BCUT2D eigenvalue weighted by atomic mass is 9.85. The van der Waals surface area contributed by atoms with Gasteiger partial charge >= 0.3 is 8.80 Å². The maximum atomic E-state index is 5.65. The quantitative estimate of drug-likeness (QED) is 0.553. The molecule has 19 heavy (non-hydrogen) atoms. The molecule has 0 amide bonds. The van der Waals surface area contributed by atoms with Crippen LogP contribution in [0.2, 0.25) is 6.04 Å². The van der Waals surface area contributed by atoms with Gasteiger partial charge in [0.25, 0.3) is 0 Å². The second kappa shape index (κ2) is 6.86. The van der Waals surface area contributed by atoms with Crippen LogP contribution in [0, 0.1) is 5.92 Å². The van der Waals surface area contributed by atoms with E-state index in [2.05, 4.69) is 0 Å². The van der Waals surface area contributed by atoms with Gasteiger partial charge in [0.15, 0.2) is 0 Å². The van der Waals surface area contributed by atoms with Crippen LogP contribution in [0.15, 0.2) is 0 Å². The molecule has 0 aromatic heterocycles. The van der Waals surface area contributed by atoms with Gasteiger partial charge in [0.1, 0.15) is 6.10 Å². The van der Waals surface area contributed by atoms with Crippen molar-refractivity contribution in [1.82, 2.24) is 0 Å². The first kappa shape index (κ1) is 15.7. The fourth-order valence-corrected chi connectivity index (χ4v) is 6.42. The number of thioether (sulfide) groups is 1. The number of hydrogen-bond acceptors (Lipinski definition) is 6. The van der Waals surface area contributed by atoms with Crippen molar-refractivity contribution in [1.29, 1.82) is 0 Å². The van der Waals surface area contributed by atoms with Crippen LogP contribution in [0.3, 0.4) is 0 Å². The topological polar surface area (TPSA) is 36.9 Å². The Bertz CT molecular complexity index is 317. The molecule has 2 rings (SSSR count). The Morgan fingerprint density at radius 2 is 1.95 bits per heavy atom. The first-order valence-electron chi connectivity index (χ1n) is 6.65. The zero-order valence-corrected chi connectivity index (χ0v) is 14.4. The first-order chi connectivity index (χ1) is 9.12. The van der Waals surface area contributed by atoms with Crippen LogP contribution in [0.4, 0.5) is 0 Å². The van der Waals surface area contributed by atoms with E-state index in [1.165, 1.54) is 12.8 Å². The molecule has 110 valence electrons. The Balaban J connectivity index is 1.82. The molecular formula is C12H22O4S2Si. The molecule has 7 heteroatoms. The van der Waals surface area contributed by atoms with Gasteiger partial charge in [-0.1, -0.05) is 11.8 Å². The van der Waals surface area contributed by atoms with E-state index < -0.39 is 8.80 Å². The van der Waals surface area contributed by atoms with Crippen LogP contribution >= 0.6 is 24.0 Å². The van der Waals surface area contributed by atoms with Gasteiger partial charge in [-0.2, -0.15) is 0 Å². The van der Waals surface area contributed by atoms with E-state index in [-0.39, 0.29) is 0 Å². The third kappa shape index (κ3) is 3.71. The van der Waals surface area contributed by atoms with Crippen molar-refractivity contribution < 1.29 is 18.0 Å². The average molecular weight is 323 g/mol. The number of fused-ring (bicyclic) bond motifs is 1. The minimum absolute atomic E-state index is 0.350. The summed E-state index contributed by atoms with van der Waals surface area (Å²) in [4.78, 5) is 0. The van der Waals surface area contributed by atoms with Crippen LogP contribution < -0.4 is 0 Å². The van der Waals surface area contributed by atoms with Crippen LogP contribution in [0.1, 0.15) is 25.7 Å². The van der Waals surface area contributed by atoms with Crippen molar-refractivity contribution >= 4 is 37.2 Å². The summed E-state index contributed by atoms with van der Waals surface area (Å²) in [5, 5.41) is 0.551. The van der Waals surface area contributed by atoms with E-state index in [1.54, 1.807) is 33.1 Å². The first-order valence-corrected chi connectivity index (χ1v) is 9.87. The summed E-state index contributed by atoms with van der Waals surface area (Å²) in [6.07, 6.45) is 4.94. The maximum absolute atomic E-state index is 5.65. The van der Waals surface area contributed by atoms with E-state index in [1.807, 2.05) is 0 Å². The van der Waals surface area contributed by atoms with Crippen molar-refractivity contribution in [2.75, 3.05) is 21.3 Å². The van der Waals surface area contributed by atoms with Crippen LogP contribution in [-0.2, 0) is 18.0 Å². The lowest BCUT2D eigenvalue weighted by Gasteiger charge is -2.31. The normalized spacial score (nSPS) is 31.1. The van der Waals surface area contributed by atoms with Crippen LogP contribution in [-0.4, -0.2) is 45.9 Å². The van der Waals surface area contributed by atoms with Crippen molar-refractivity contribution in [2.24, 2.45) is 5.92 Å². The lowest BCUT2D eigenvalue weighted by molar-refractivity contribution is 0.115. The van der Waals surface area contributed by atoms with Gasteiger partial charge in [0.2, 0.25) is 4.38 Å². The molecule has 1 aliphatic carbocycles. The van der Waals surface area contributed by atoms with E-state index in [9.17, 15) is 0 Å². The Kier molecular flexibility index (Phi) is 5.68. The fraction of sp³-hybridized carbons (Fsp3) is 0.917. The number of rotatable bonds is 6. The van der Waals surface area contributed by atoms with Gasteiger partial charge in [-0.25, -0.2) is 0 Å². The molecule has 0 aromatic carbocycles. The highest BCUT2D eigenvalue weighted by atomic mass is 32.2. The molecule has 0 N–H and O–H groups in total. The number of hydrogen-bond donors (Lipinski definition) is 0. The fourth-order valence-electron chi connectivity index (χ4n) is 2.92. The van der Waals surface area contributed by atoms with E-state index >= 15 is 0 Å². The van der Waals surface area contributed by atoms with E-state index in [4.69, 9.17) is 30.2 Å². The number of thiocarbonyl (C=S) groups is 1. The molecule has 1 aliphatic heterocycles. The average Bonchev–Trinajstić information content (AvgIpc) is 2.80. The summed E-state index contributed by atoms with van der Waals surface area (Å²) in [6, 6.07) is 0.883. The van der Waals surface area contributed by atoms with Crippen LogP contribution in [0.5, 0.6) is 0 Å². The molecular weight excluding hydrogens is 300 g/mol. The monoisotopic (exact) mass is 322 g/mol. The predicted octanol–water partition coefficient (Wildman–Crippen LogP) is 2.84. The Morgan fingerprint density at radius 3 is 2.58 bits per heavy atom.